The third-order valence-electron chi connectivity index (χ3n) is 3.57. The molecule has 0 radical (unpaired) electrons. The maximum atomic E-state index is 12.2. The summed E-state index contributed by atoms with van der Waals surface area (Å²) in [6, 6.07) is 5.67. The Morgan fingerprint density at radius 2 is 2.05 bits per heavy atom. The van der Waals surface area contributed by atoms with E-state index in [9.17, 15) is 14.9 Å². The molecule has 0 saturated heterocycles. The molecule has 1 N–H and O–H groups in total. The second kappa shape index (κ2) is 6.70. The van der Waals surface area contributed by atoms with Crippen LogP contribution < -0.4 is 5.32 Å². The zero-order valence-electron chi connectivity index (χ0n) is 11.0. The predicted octanol–water partition coefficient (Wildman–Crippen LogP) is 3.26. The van der Waals surface area contributed by atoms with Crippen molar-refractivity contribution in [1.29, 1.82) is 0 Å². The fourth-order valence-corrected chi connectivity index (χ4v) is 2.78. The van der Waals surface area contributed by atoms with Crippen LogP contribution in [-0.4, -0.2) is 22.2 Å². The molecule has 5 nitrogen and oxygen atoms in total. The first-order valence-corrected chi connectivity index (χ1v) is 7.21. The van der Waals surface area contributed by atoms with E-state index in [0.717, 1.165) is 32.1 Å². The van der Waals surface area contributed by atoms with Crippen molar-refractivity contribution in [3.05, 3.63) is 39.9 Å². The number of hydrogen-bond donors (Lipinski definition) is 1. The van der Waals surface area contributed by atoms with Crippen molar-refractivity contribution >= 4 is 23.2 Å². The molecule has 0 heterocycles. The van der Waals surface area contributed by atoms with Gasteiger partial charge < -0.3 is 5.32 Å². The largest absolute Gasteiger partial charge is 0.348 e. The van der Waals surface area contributed by atoms with Crippen LogP contribution in [0.2, 0.25) is 0 Å². The van der Waals surface area contributed by atoms with Gasteiger partial charge in [-0.3, -0.25) is 14.9 Å². The Bertz CT molecular complexity index is 507. The first-order chi connectivity index (χ1) is 9.58. The molecule has 1 saturated carbocycles. The lowest BCUT2D eigenvalue weighted by Gasteiger charge is -2.21. The number of rotatable bonds is 3. The summed E-state index contributed by atoms with van der Waals surface area (Å²) in [4.78, 5) is 22.4. The van der Waals surface area contributed by atoms with E-state index < -0.39 is 4.92 Å². The first kappa shape index (κ1) is 14.8. The van der Waals surface area contributed by atoms with E-state index in [1.807, 2.05) is 0 Å². The number of nitro groups is 1. The summed E-state index contributed by atoms with van der Waals surface area (Å²) in [5, 5.41) is 13.5. The Hall–Kier alpha value is -1.62. The third kappa shape index (κ3) is 3.70. The maximum Gasteiger partial charge on any atom is 0.270 e. The van der Waals surface area contributed by atoms with E-state index in [-0.39, 0.29) is 23.0 Å². The van der Waals surface area contributed by atoms with Gasteiger partial charge in [0.15, 0.2) is 0 Å². The molecule has 0 aliphatic heterocycles. The summed E-state index contributed by atoms with van der Waals surface area (Å²) >= 11 is 6.28. The molecule has 2 rings (SSSR count). The van der Waals surface area contributed by atoms with Crippen LogP contribution in [-0.2, 0) is 0 Å². The SMILES string of the molecule is O=C(NC1CCCCCC1Cl)c1cccc([N+](=O)[O-])c1. The molecule has 2 unspecified atom stereocenters. The van der Waals surface area contributed by atoms with Gasteiger partial charge in [0.05, 0.1) is 10.3 Å². The monoisotopic (exact) mass is 296 g/mol. The Morgan fingerprint density at radius 1 is 1.30 bits per heavy atom. The second-order valence-electron chi connectivity index (χ2n) is 5.04. The summed E-state index contributed by atoms with van der Waals surface area (Å²) < 4.78 is 0. The second-order valence-corrected chi connectivity index (χ2v) is 5.60. The molecule has 1 aliphatic carbocycles. The summed E-state index contributed by atoms with van der Waals surface area (Å²) in [6.45, 7) is 0. The number of hydrogen-bond acceptors (Lipinski definition) is 3. The molecule has 108 valence electrons. The lowest BCUT2D eigenvalue weighted by molar-refractivity contribution is -0.384. The van der Waals surface area contributed by atoms with E-state index in [1.165, 1.54) is 18.2 Å². The number of nitrogens with one attached hydrogen (secondary N) is 1. The van der Waals surface area contributed by atoms with Gasteiger partial charge in [-0.2, -0.15) is 0 Å². The fourth-order valence-electron chi connectivity index (χ4n) is 2.44. The van der Waals surface area contributed by atoms with Gasteiger partial charge >= 0.3 is 0 Å². The number of nitrogens with zero attached hydrogens (tertiary/aromatic N) is 1. The average molecular weight is 297 g/mol. The number of benzene rings is 1. The lowest BCUT2D eigenvalue weighted by atomic mass is 10.1. The molecular formula is C14H17ClN2O3. The highest BCUT2D eigenvalue weighted by atomic mass is 35.5. The van der Waals surface area contributed by atoms with Gasteiger partial charge in [0.25, 0.3) is 11.6 Å². The number of non-ortho nitro benzene ring substituents is 1. The van der Waals surface area contributed by atoms with Crippen molar-refractivity contribution in [1.82, 2.24) is 5.32 Å². The van der Waals surface area contributed by atoms with E-state index in [0.29, 0.717) is 5.56 Å². The standard InChI is InChI=1S/C14H17ClN2O3/c15-12-7-2-1-3-8-13(12)16-14(18)10-5-4-6-11(9-10)17(19)20/h4-6,9,12-13H,1-3,7-8H2,(H,16,18). The number of alkyl halides is 1. The Labute approximate surface area is 122 Å². The Morgan fingerprint density at radius 3 is 2.80 bits per heavy atom. The quantitative estimate of drug-likeness (QED) is 0.403. The minimum atomic E-state index is -0.507. The van der Waals surface area contributed by atoms with E-state index in [1.54, 1.807) is 6.07 Å². The molecular weight excluding hydrogens is 280 g/mol. The number of carbonyl (C=O) groups excluding carboxylic acids is 1. The van der Waals surface area contributed by atoms with Crippen LogP contribution in [0.25, 0.3) is 0 Å². The van der Waals surface area contributed by atoms with Crippen LogP contribution in [0, 0.1) is 10.1 Å². The van der Waals surface area contributed by atoms with E-state index >= 15 is 0 Å². The molecule has 0 aromatic heterocycles. The molecule has 1 aliphatic rings. The van der Waals surface area contributed by atoms with Crippen molar-refractivity contribution in [2.75, 3.05) is 0 Å². The lowest BCUT2D eigenvalue weighted by Crippen LogP contribution is -2.40. The Balaban J connectivity index is 2.07. The van der Waals surface area contributed by atoms with Crippen molar-refractivity contribution in [3.8, 4) is 0 Å². The van der Waals surface area contributed by atoms with E-state index in [2.05, 4.69) is 5.32 Å². The Kier molecular flexibility index (Phi) is 4.95. The molecule has 20 heavy (non-hydrogen) atoms. The highest BCUT2D eigenvalue weighted by molar-refractivity contribution is 6.21. The fraction of sp³-hybridized carbons (Fsp3) is 0.500. The van der Waals surface area contributed by atoms with Crippen molar-refractivity contribution in [2.45, 2.75) is 43.5 Å². The van der Waals surface area contributed by atoms with Gasteiger partial charge in [-0.05, 0) is 18.9 Å². The normalized spacial score (nSPS) is 22.9. The van der Waals surface area contributed by atoms with Gasteiger partial charge in [-0.15, -0.1) is 11.6 Å². The van der Waals surface area contributed by atoms with Crippen molar-refractivity contribution in [3.63, 3.8) is 0 Å². The van der Waals surface area contributed by atoms with Gasteiger partial charge in [-0.25, -0.2) is 0 Å². The number of nitro benzene ring substituents is 1. The molecule has 0 bridgehead atoms. The highest BCUT2D eigenvalue weighted by Crippen LogP contribution is 2.23. The third-order valence-corrected chi connectivity index (χ3v) is 4.09. The molecule has 1 amide bonds. The average Bonchev–Trinajstić information content (AvgIpc) is 2.64. The number of carbonyl (C=O) groups is 1. The van der Waals surface area contributed by atoms with Crippen LogP contribution in [0.3, 0.4) is 0 Å². The van der Waals surface area contributed by atoms with Crippen molar-refractivity contribution in [2.24, 2.45) is 0 Å². The van der Waals surface area contributed by atoms with Crippen molar-refractivity contribution < 1.29 is 9.72 Å². The molecule has 1 aromatic carbocycles. The minimum absolute atomic E-state index is 0.0640. The maximum absolute atomic E-state index is 12.2. The van der Waals surface area contributed by atoms with Crippen LogP contribution in [0.15, 0.2) is 24.3 Å². The van der Waals surface area contributed by atoms with Gasteiger partial charge in [0, 0.05) is 23.7 Å². The predicted molar refractivity (Wildman–Crippen MR) is 77.1 cm³/mol. The van der Waals surface area contributed by atoms with Crippen LogP contribution >= 0.6 is 11.6 Å². The highest BCUT2D eigenvalue weighted by Gasteiger charge is 2.24. The molecule has 2 atom stereocenters. The topological polar surface area (TPSA) is 72.2 Å². The van der Waals surface area contributed by atoms with Gasteiger partial charge in [-0.1, -0.05) is 25.3 Å². The summed E-state index contributed by atoms with van der Waals surface area (Å²) in [6.07, 6.45) is 5.00. The van der Waals surface area contributed by atoms with Crippen LogP contribution in [0.5, 0.6) is 0 Å². The number of amides is 1. The zero-order valence-corrected chi connectivity index (χ0v) is 11.8. The molecule has 0 spiro atoms. The van der Waals surface area contributed by atoms with Gasteiger partial charge in [0.2, 0.25) is 0 Å². The summed E-state index contributed by atoms with van der Waals surface area (Å²) in [5.74, 6) is -0.300. The molecule has 1 aromatic rings. The summed E-state index contributed by atoms with van der Waals surface area (Å²) in [5.41, 5.74) is 0.216. The smallest absolute Gasteiger partial charge is 0.270 e. The number of halogens is 1. The van der Waals surface area contributed by atoms with Crippen LogP contribution in [0.4, 0.5) is 5.69 Å². The summed E-state index contributed by atoms with van der Waals surface area (Å²) in [7, 11) is 0. The molecule has 6 heteroatoms. The van der Waals surface area contributed by atoms with Gasteiger partial charge in [0.1, 0.15) is 0 Å². The van der Waals surface area contributed by atoms with E-state index in [4.69, 9.17) is 11.6 Å². The van der Waals surface area contributed by atoms with Crippen LogP contribution in [0.1, 0.15) is 42.5 Å². The minimum Gasteiger partial charge on any atom is -0.348 e. The zero-order chi connectivity index (χ0) is 14.5. The molecule has 1 fully saturated rings. The first-order valence-electron chi connectivity index (χ1n) is 6.77.